The highest BCUT2D eigenvalue weighted by molar-refractivity contribution is 7.92. The standard InChI is InChI=1S/C26H27FN4O6S/c1-3-24(26(33)28-2)29(17-19-12-14-20(27)15-13-19)25(32)18-30(21-8-7-9-22(16-21)31(34)35)38(36,37)23-10-5-4-6-11-23/h4-16,24H,3,17-18H2,1-2H3,(H,28,33). The van der Waals surface area contributed by atoms with Crippen LogP contribution in [-0.2, 0) is 26.2 Å². The van der Waals surface area contributed by atoms with E-state index < -0.39 is 45.2 Å². The minimum Gasteiger partial charge on any atom is -0.357 e. The summed E-state index contributed by atoms with van der Waals surface area (Å²) in [5.41, 5.74) is 0.0734. The smallest absolute Gasteiger partial charge is 0.271 e. The molecule has 3 aromatic carbocycles. The Labute approximate surface area is 219 Å². The number of nitro groups is 1. The lowest BCUT2D eigenvalue weighted by atomic mass is 10.1. The number of nitrogens with one attached hydrogen (secondary N) is 1. The number of nitrogens with zero attached hydrogens (tertiary/aromatic N) is 3. The average Bonchev–Trinajstić information content (AvgIpc) is 2.92. The van der Waals surface area contributed by atoms with Gasteiger partial charge in [-0.2, -0.15) is 0 Å². The van der Waals surface area contributed by atoms with Crippen LogP contribution in [0.2, 0.25) is 0 Å². The van der Waals surface area contributed by atoms with Crippen LogP contribution in [0.25, 0.3) is 0 Å². The summed E-state index contributed by atoms with van der Waals surface area (Å²) in [6.07, 6.45) is 0.217. The first-order chi connectivity index (χ1) is 18.1. The lowest BCUT2D eigenvalue weighted by Crippen LogP contribution is -2.51. The van der Waals surface area contributed by atoms with Crippen LogP contribution in [0.1, 0.15) is 18.9 Å². The van der Waals surface area contributed by atoms with Crippen molar-refractivity contribution in [1.29, 1.82) is 0 Å². The SMILES string of the molecule is CCC(C(=O)NC)N(Cc1ccc(F)cc1)C(=O)CN(c1cccc([N+](=O)[O-])c1)S(=O)(=O)c1ccccc1. The molecule has 0 fully saturated rings. The Morgan fingerprint density at radius 3 is 2.26 bits per heavy atom. The highest BCUT2D eigenvalue weighted by Crippen LogP contribution is 2.27. The summed E-state index contributed by atoms with van der Waals surface area (Å²) in [7, 11) is -2.93. The fourth-order valence-corrected chi connectivity index (χ4v) is 5.31. The van der Waals surface area contributed by atoms with Crippen LogP contribution in [0.4, 0.5) is 15.8 Å². The minimum absolute atomic E-state index is 0.0915. The second-order valence-corrected chi connectivity index (χ2v) is 10.2. The van der Waals surface area contributed by atoms with E-state index in [9.17, 15) is 32.5 Å². The van der Waals surface area contributed by atoms with Gasteiger partial charge >= 0.3 is 0 Å². The third-order valence-electron chi connectivity index (χ3n) is 5.84. The van der Waals surface area contributed by atoms with Crippen molar-refractivity contribution in [3.8, 4) is 0 Å². The predicted molar refractivity (Wildman–Crippen MR) is 139 cm³/mol. The number of carbonyl (C=O) groups excluding carboxylic acids is 2. The second kappa shape index (κ2) is 12.3. The quantitative estimate of drug-likeness (QED) is 0.292. The number of hydrogen-bond donors (Lipinski definition) is 1. The van der Waals surface area contributed by atoms with Gasteiger partial charge in [-0.3, -0.25) is 24.0 Å². The normalized spacial score (nSPS) is 11.9. The molecule has 3 rings (SSSR count). The Balaban J connectivity index is 2.08. The molecule has 0 aliphatic rings. The molecule has 0 saturated carbocycles. The first-order valence-electron chi connectivity index (χ1n) is 11.7. The zero-order valence-electron chi connectivity index (χ0n) is 20.8. The van der Waals surface area contributed by atoms with E-state index in [1.54, 1.807) is 13.0 Å². The van der Waals surface area contributed by atoms with E-state index in [0.29, 0.717) is 5.56 Å². The van der Waals surface area contributed by atoms with Crippen LogP contribution >= 0.6 is 0 Å². The number of nitro benzene ring substituents is 1. The summed E-state index contributed by atoms with van der Waals surface area (Å²) in [5.74, 6) is -1.66. The maximum atomic E-state index is 13.7. The largest absolute Gasteiger partial charge is 0.357 e. The van der Waals surface area contributed by atoms with Gasteiger partial charge in [-0.25, -0.2) is 12.8 Å². The van der Waals surface area contributed by atoms with Crippen LogP contribution in [0.3, 0.4) is 0 Å². The summed E-state index contributed by atoms with van der Waals surface area (Å²) in [6.45, 7) is 0.857. The van der Waals surface area contributed by atoms with Crippen LogP contribution in [0.15, 0.2) is 83.8 Å². The second-order valence-electron chi connectivity index (χ2n) is 8.29. The molecule has 2 amide bonds. The summed E-state index contributed by atoms with van der Waals surface area (Å²) < 4.78 is 41.6. The molecule has 12 heteroatoms. The van der Waals surface area contributed by atoms with Crippen LogP contribution in [0.5, 0.6) is 0 Å². The van der Waals surface area contributed by atoms with Gasteiger partial charge in [0.15, 0.2) is 0 Å². The van der Waals surface area contributed by atoms with Gasteiger partial charge in [0.25, 0.3) is 15.7 Å². The molecule has 10 nitrogen and oxygen atoms in total. The number of sulfonamides is 1. The van der Waals surface area contributed by atoms with Crippen molar-refractivity contribution in [3.05, 3.63) is 100 Å². The summed E-state index contributed by atoms with van der Waals surface area (Å²) >= 11 is 0. The molecule has 1 N–H and O–H groups in total. The fraction of sp³-hybridized carbons (Fsp3) is 0.231. The van der Waals surface area contributed by atoms with Crippen molar-refractivity contribution in [3.63, 3.8) is 0 Å². The van der Waals surface area contributed by atoms with Crippen LogP contribution in [0, 0.1) is 15.9 Å². The number of carbonyl (C=O) groups is 2. The number of hydrogen-bond acceptors (Lipinski definition) is 6. The zero-order chi connectivity index (χ0) is 27.9. The molecule has 0 spiro atoms. The molecule has 0 saturated heterocycles. The highest BCUT2D eigenvalue weighted by Gasteiger charge is 2.33. The number of likely N-dealkylation sites (N-methyl/N-ethyl adjacent to an activating group) is 1. The van der Waals surface area contributed by atoms with E-state index in [0.717, 1.165) is 10.4 Å². The number of anilines is 1. The average molecular weight is 543 g/mol. The van der Waals surface area contributed by atoms with Crippen molar-refractivity contribution in [2.75, 3.05) is 17.9 Å². The molecule has 38 heavy (non-hydrogen) atoms. The van der Waals surface area contributed by atoms with E-state index in [1.165, 1.54) is 78.7 Å². The number of halogens is 1. The first-order valence-corrected chi connectivity index (χ1v) is 13.1. The van der Waals surface area contributed by atoms with E-state index in [2.05, 4.69) is 5.32 Å². The third kappa shape index (κ3) is 6.51. The van der Waals surface area contributed by atoms with Gasteiger partial charge in [0.1, 0.15) is 18.4 Å². The molecule has 1 atom stereocenters. The lowest BCUT2D eigenvalue weighted by Gasteiger charge is -2.33. The zero-order valence-corrected chi connectivity index (χ0v) is 21.6. The molecular weight excluding hydrogens is 515 g/mol. The van der Waals surface area contributed by atoms with Crippen molar-refractivity contribution in [2.24, 2.45) is 0 Å². The number of rotatable bonds is 11. The van der Waals surface area contributed by atoms with Gasteiger partial charge < -0.3 is 10.2 Å². The topological polar surface area (TPSA) is 130 Å². The van der Waals surface area contributed by atoms with E-state index in [4.69, 9.17) is 0 Å². The molecule has 0 radical (unpaired) electrons. The van der Waals surface area contributed by atoms with Crippen molar-refractivity contribution < 1.29 is 27.3 Å². The Morgan fingerprint density at radius 2 is 1.68 bits per heavy atom. The summed E-state index contributed by atoms with van der Waals surface area (Å²) in [6, 6.07) is 16.7. The lowest BCUT2D eigenvalue weighted by molar-refractivity contribution is -0.384. The third-order valence-corrected chi connectivity index (χ3v) is 7.63. The maximum absolute atomic E-state index is 13.7. The van der Waals surface area contributed by atoms with Gasteiger partial charge in [0.05, 0.1) is 15.5 Å². The van der Waals surface area contributed by atoms with Crippen LogP contribution in [-0.4, -0.2) is 49.7 Å². The Morgan fingerprint density at radius 1 is 1.03 bits per heavy atom. The Kier molecular flexibility index (Phi) is 9.13. The van der Waals surface area contributed by atoms with Gasteiger partial charge in [-0.15, -0.1) is 0 Å². The van der Waals surface area contributed by atoms with Crippen molar-refractivity contribution in [2.45, 2.75) is 30.8 Å². The van der Waals surface area contributed by atoms with E-state index in [1.807, 2.05) is 0 Å². The van der Waals surface area contributed by atoms with E-state index in [-0.39, 0.29) is 29.2 Å². The molecule has 0 aliphatic carbocycles. The van der Waals surface area contributed by atoms with Gasteiger partial charge in [-0.1, -0.05) is 43.3 Å². The molecular formula is C26H27FN4O6S. The number of amides is 2. The minimum atomic E-state index is -4.35. The maximum Gasteiger partial charge on any atom is 0.271 e. The van der Waals surface area contributed by atoms with Gasteiger partial charge in [-0.05, 0) is 42.3 Å². The highest BCUT2D eigenvalue weighted by atomic mass is 32.2. The molecule has 0 heterocycles. The Bertz CT molecular complexity index is 1400. The molecule has 200 valence electrons. The van der Waals surface area contributed by atoms with Crippen molar-refractivity contribution >= 4 is 33.2 Å². The molecule has 0 aromatic heterocycles. The number of benzene rings is 3. The van der Waals surface area contributed by atoms with Gasteiger partial charge in [0.2, 0.25) is 11.8 Å². The molecule has 0 bridgehead atoms. The summed E-state index contributed by atoms with van der Waals surface area (Å²) in [4.78, 5) is 38.2. The molecule has 1 unspecified atom stereocenters. The molecule has 0 aliphatic heterocycles. The van der Waals surface area contributed by atoms with Crippen LogP contribution < -0.4 is 9.62 Å². The number of non-ortho nitro benzene ring substituents is 1. The summed E-state index contributed by atoms with van der Waals surface area (Å²) in [5, 5.41) is 13.9. The predicted octanol–water partition coefficient (Wildman–Crippen LogP) is 3.48. The fourth-order valence-electron chi connectivity index (χ4n) is 3.88. The van der Waals surface area contributed by atoms with Crippen molar-refractivity contribution in [1.82, 2.24) is 10.2 Å². The molecule has 3 aromatic rings. The van der Waals surface area contributed by atoms with E-state index >= 15 is 0 Å². The van der Waals surface area contributed by atoms with Gasteiger partial charge in [0, 0.05) is 25.7 Å². The monoisotopic (exact) mass is 542 g/mol. The Hall–Kier alpha value is -4.32. The first kappa shape index (κ1) is 28.3.